The number of ketones is 2. The van der Waals surface area contributed by atoms with Gasteiger partial charge in [0.1, 0.15) is 22.8 Å². The number of hydrogen-bond acceptors (Lipinski definition) is 10. The Morgan fingerprint density at radius 2 is 1.86 bits per heavy atom. The summed E-state index contributed by atoms with van der Waals surface area (Å²) in [6, 6.07) is 1.61. The second-order valence-electron chi connectivity index (χ2n) is 9.22. The summed E-state index contributed by atoms with van der Waals surface area (Å²) in [6.07, 6.45) is -1.64. The quantitative estimate of drug-likeness (QED) is 0.253. The van der Waals surface area contributed by atoms with Crippen LogP contribution in [-0.2, 0) is 14.4 Å². The number of aliphatic imine (C=N–C) groups is 1. The highest BCUT2D eigenvalue weighted by Gasteiger charge is 2.68. The molecule has 3 aliphatic carbocycles. The lowest BCUT2D eigenvalue weighted by molar-refractivity contribution is -0.169. The molecule has 0 aliphatic heterocycles. The van der Waals surface area contributed by atoms with Crippen molar-refractivity contribution in [3.05, 3.63) is 46.7 Å². The first kappa shape index (κ1) is 24.4. The van der Waals surface area contributed by atoms with Crippen molar-refractivity contribution in [3.63, 3.8) is 0 Å². The molecule has 0 spiro atoms. The minimum atomic E-state index is -2.95. The molecular formula is C24H25N3O8. The molecule has 1 fully saturated rings. The molecule has 0 aromatic heterocycles. The number of primary amides is 1. The molecule has 1 amide bonds. The van der Waals surface area contributed by atoms with Crippen molar-refractivity contribution in [1.82, 2.24) is 4.90 Å². The number of aliphatic hydroxyl groups excluding tert-OH is 3. The first-order valence-electron chi connectivity index (χ1n) is 10.7. The summed E-state index contributed by atoms with van der Waals surface area (Å²) < 4.78 is 0. The predicted octanol–water partition coefficient (Wildman–Crippen LogP) is -0.0170. The summed E-state index contributed by atoms with van der Waals surface area (Å²) in [5, 5.41) is 55.8. The average Bonchev–Trinajstić information content (AvgIpc) is 2.77. The topological polar surface area (TPSA) is 194 Å². The number of benzene rings is 1. The molecule has 1 saturated carbocycles. The van der Waals surface area contributed by atoms with Crippen molar-refractivity contribution in [2.75, 3.05) is 14.1 Å². The molecule has 6 unspecified atom stereocenters. The molecule has 0 bridgehead atoms. The SMILES string of the molecule is C=C=Nc1ccc2c(c1O)C(O)=C1C(=O)C3(O)C(O)=C(C(N)=O)C(=O)C(N(C)C)C3C(O)C1C2C. The van der Waals surface area contributed by atoms with E-state index < -0.39 is 81.4 Å². The van der Waals surface area contributed by atoms with E-state index in [2.05, 4.69) is 17.4 Å². The summed E-state index contributed by atoms with van der Waals surface area (Å²) in [5.74, 6) is -7.16. The van der Waals surface area contributed by atoms with E-state index in [0.717, 1.165) is 0 Å². The minimum absolute atomic E-state index is 0.00615. The number of hydrogen-bond donors (Lipinski definition) is 6. The molecule has 7 N–H and O–H groups in total. The highest BCUT2D eigenvalue weighted by molar-refractivity contribution is 6.24. The minimum Gasteiger partial charge on any atom is -0.508 e. The van der Waals surface area contributed by atoms with Crippen LogP contribution in [0.25, 0.3) is 5.76 Å². The third-order valence-electron chi connectivity index (χ3n) is 7.31. The number of nitrogens with two attached hydrogens (primary N) is 1. The predicted molar refractivity (Wildman–Crippen MR) is 123 cm³/mol. The maximum absolute atomic E-state index is 13.8. The number of phenolic OH excluding ortho intramolecular Hbond substituents is 1. The van der Waals surface area contributed by atoms with Crippen molar-refractivity contribution in [2.24, 2.45) is 22.6 Å². The number of phenols is 1. The largest absolute Gasteiger partial charge is 0.508 e. The van der Waals surface area contributed by atoms with Crippen LogP contribution in [0.5, 0.6) is 5.75 Å². The van der Waals surface area contributed by atoms with E-state index in [0.29, 0.717) is 5.56 Å². The van der Waals surface area contributed by atoms with Gasteiger partial charge in [-0.3, -0.25) is 19.3 Å². The normalized spacial score (nSPS) is 32.1. The van der Waals surface area contributed by atoms with E-state index in [9.17, 15) is 39.9 Å². The third kappa shape index (κ3) is 2.96. The summed E-state index contributed by atoms with van der Waals surface area (Å²) in [7, 11) is 2.90. The van der Waals surface area contributed by atoms with E-state index in [1.165, 1.54) is 25.1 Å². The Morgan fingerprint density at radius 3 is 2.40 bits per heavy atom. The maximum Gasteiger partial charge on any atom is 0.255 e. The van der Waals surface area contributed by atoms with Crippen LogP contribution in [0.3, 0.4) is 0 Å². The van der Waals surface area contributed by atoms with Crippen LogP contribution in [0.15, 0.2) is 40.6 Å². The van der Waals surface area contributed by atoms with Crippen LogP contribution in [0.4, 0.5) is 5.69 Å². The van der Waals surface area contributed by atoms with Crippen molar-refractivity contribution in [2.45, 2.75) is 30.6 Å². The highest BCUT2D eigenvalue weighted by Crippen LogP contribution is 2.56. The van der Waals surface area contributed by atoms with Gasteiger partial charge < -0.3 is 31.3 Å². The fourth-order valence-electron chi connectivity index (χ4n) is 5.78. The number of carbonyl (C=O) groups excluding carboxylic acids is 3. The number of carbonyl (C=O) groups is 3. The van der Waals surface area contributed by atoms with Crippen molar-refractivity contribution in [3.8, 4) is 5.75 Å². The fourth-order valence-corrected chi connectivity index (χ4v) is 5.78. The number of Topliss-reactive ketones (excluding diaryl/α,β-unsaturated/α-hetero) is 2. The van der Waals surface area contributed by atoms with Gasteiger partial charge in [0.05, 0.1) is 23.6 Å². The number of aromatic hydroxyl groups is 1. The Bertz CT molecular complexity index is 1310. The van der Waals surface area contributed by atoms with Gasteiger partial charge in [-0.1, -0.05) is 13.0 Å². The number of rotatable bonds is 3. The molecule has 0 heterocycles. The Balaban J connectivity index is 2.07. The van der Waals surface area contributed by atoms with Gasteiger partial charge in [0.25, 0.3) is 5.91 Å². The van der Waals surface area contributed by atoms with Crippen LogP contribution < -0.4 is 5.73 Å². The Morgan fingerprint density at radius 1 is 1.23 bits per heavy atom. The summed E-state index contributed by atoms with van der Waals surface area (Å²) in [4.78, 5) is 44.1. The van der Waals surface area contributed by atoms with Gasteiger partial charge in [0.2, 0.25) is 5.78 Å². The molecule has 3 aliphatic rings. The third-order valence-corrected chi connectivity index (χ3v) is 7.31. The van der Waals surface area contributed by atoms with Gasteiger partial charge in [-0.25, -0.2) is 4.99 Å². The number of amides is 1. The molecule has 11 nitrogen and oxygen atoms in total. The zero-order chi connectivity index (χ0) is 26.1. The van der Waals surface area contributed by atoms with Crippen molar-refractivity contribution in [1.29, 1.82) is 0 Å². The first-order chi connectivity index (χ1) is 16.3. The van der Waals surface area contributed by atoms with E-state index >= 15 is 0 Å². The number of likely N-dealkylation sites (N-methyl/N-ethyl adjacent to an activating group) is 1. The van der Waals surface area contributed by atoms with E-state index in [1.807, 2.05) is 0 Å². The van der Waals surface area contributed by atoms with Gasteiger partial charge in [-0.15, -0.1) is 0 Å². The van der Waals surface area contributed by atoms with Crippen LogP contribution in [0, 0.1) is 11.8 Å². The van der Waals surface area contributed by atoms with Gasteiger partial charge in [-0.2, -0.15) is 0 Å². The molecule has 1 aromatic carbocycles. The number of aliphatic hydroxyl groups is 4. The lowest BCUT2D eigenvalue weighted by atomic mass is 9.54. The van der Waals surface area contributed by atoms with Crippen LogP contribution in [0.1, 0.15) is 24.0 Å². The summed E-state index contributed by atoms with van der Waals surface area (Å²) in [5.41, 5.74) is 1.16. The molecular weight excluding hydrogens is 458 g/mol. The zero-order valence-electron chi connectivity index (χ0n) is 19.2. The smallest absolute Gasteiger partial charge is 0.255 e. The highest BCUT2D eigenvalue weighted by atomic mass is 16.4. The average molecular weight is 483 g/mol. The van der Waals surface area contributed by atoms with E-state index in [-0.39, 0.29) is 11.3 Å². The zero-order valence-corrected chi connectivity index (χ0v) is 19.2. The van der Waals surface area contributed by atoms with Gasteiger partial charge in [0, 0.05) is 11.5 Å². The van der Waals surface area contributed by atoms with Crippen LogP contribution in [-0.4, -0.2) is 85.6 Å². The molecule has 6 atom stereocenters. The molecule has 35 heavy (non-hydrogen) atoms. The van der Waals surface area contributed by atoms with E-state index in [1.54, 1.807) is 13.0 Å². The molecule has 4 rings (SSSR count). The second-order valence-corrected chi connectivity index (χ2v) is 9.22. The van der Waals surface area contributed by atoms with Gasteiger partial charge in [0.15, 0.2) is 17.1 Å². The standard InChI is InChI=1S/C24H25N3O8/c1-5-26-10-7-6-9-8(2)11-13(18(29)12(9)17(10)28)21(32)24(35)15(19(11)30)16(27(3)4)20(31)14(22(24)33)23(25)34/h6-8,11,15-16,19,28-30,33,35H,1H2,2-4H3,(H2,25,34). The van der Waals surface area contributed by atoms with Gasteiger partial charge in [-0.05, 0) is 44.1 Å². The summed E-state index contributed by atoms with van der Waals surface area (Å²) >= 11 is 0. The van der Waals surface area contributed by atoms with E-state index in [4.69, 9.17) is 5.73 Å². The molecule has 0 saturated heterocycles. The first-order valence-corrected chi connectivity index (χ1v) is 10.7. The van der Waals surface area contributed by atoms with Crippen LogP contribution >= 0.6 is 0 Å². The number of nitrogens with zero attached hydrogens (tertiary/aromatic N) is 2. The van der Waals surface area contributed by atoms with Gasteiger partial charge >= 0.3 is 0 Å². The second kappa shape index (κ2) is 7.89. The number of fused-ring (bicyclic) bond motifs is 3. The lowest BCUT2D eigenvalue weighted by Crippen LogP contribution is -2.70. The van der Waals surface area contributed by atoms with Crippen molar-refractivity contribution >= 4 is 34.8 Å². The Hall–Kier alpha value is -3.76. The Labute approximate surface area is 199 Å². The molecule has 1 aromatic rings. The van der Waals surface area contributed by atoms with Crippen LogP contribution in [0.2, 0.25) is 0 Å². The fraction of sp³-hybridized carbons (Fsp3) is 0.375. The molecule has 184 valence electrons. The Kier molecular flexibility index (Phi) is 5.49. The molecule has 0 radical (unpaired) electrons. The maximum atomic E-state index is 13.8. The van der Waals surface area contributed by atoms with Crippen molar-refractivity contribution < 1.29 is 39.9 Å². The summed E-state index contributed by atoms with van der Waals surface area (Å²) in [6.45, 7) is 4.99. The monoisotopic (exact) mass is 483 g/mol. The lowest BCUT2D eigenvalue weighted by Gasteiger charge is -2.53. The molecule has 11 heteroatoms.